The van der Waals surface area contributed by atoms with Crippen molar-refractivity contribution in [2.75, 3.05) is 0 Å². The van der Waals surface area contributed by atoms with Gasteiger partial charge < -0.3 is 0 Å². The summed E-state index contributed by atoms with van der Waals surface area (Å²) in [5.41, 5.74) is 2.02. The third kappa shape index (κ3) is 1.73. The molecular formula is C7H8N4S2. The van der Waals surface area contributed by atoms with Gasteiger partial charge in [0.05, 0.1) is 21.1 Å². The first kappa shape index (κ1) is 8.71. The molecule has 0 bridgehead atoms. The van der Waals surface area contributed by atoms with Gasteiger partial charge in [-0.25, -0.2) is 0 Å². The molecule has 0 aliphatic carbocycles. The smallest absolute Gasteiger partial charge is 0.0760 e. The topological polar surface area (TPSA) is 51.6 Å². The van der Waals surface area contributed by atoms with E-state index in [9.17, 15) is 0 Å². The van der Waals surface area contributed by atoms with Gasteiger partial charge in [0.15, 0.2) is 0 Å². The first-order chi connectivity index (χ1) is 6.27. The van der Waals surface area contributed by atoms with E-state index in [-0.39, 0.29) is 0 Å². The molecule has 13 heavy (non-hydrogen) atoms. The van der Waals surface area contributed by atoms with Gasteiger partial charge in [0.2, 0.25) is 0 Å². The predicted molar refractivity (Wildman–Crippen MR) is 52.1 cm³/mol. The number of hydrogen-bond acceptors (Lipinski definition) is 6. The van der Waals surface area contributed by atoms with Crippen LogP contribution in [0.4, 0.5) is 0 Å². The summed E-state index contributed by atoms with van der Waals surface area (Å²) in [4.78, 5) is 2.41. The molecule has 68 valence electrons. The maximum absolute atomic E-state index is 3.96. The van der Waals surface area contributed by atoms with Gasteiger partial charge in [0.25, 0.3) is 0 Å². The maximum atomic E-state index is 3.96. The molecule has 0 amide bonds. The zero-order chi connectivity index (χ0) is 9.26. The monoisotopic (exact) mass is 212 g/mol. The molecule has 0 radical (unpaired) electrons. The lowest BCUT2D eigenvalue weighted by Crippen LogP contribution is -1.87. The summed E-state index contributed by atoms with van der Waals surface area (Å²) in [6, 6.07) is 0. The van der Waals surface area contributed by atoms with Crippen molar-refractivity contribution in [3.05, 3.63) is 21.1 Å². The summed E-state index contributed by atoms with van der Waals surface area (Å²) < 4.78 is 7.77. The van der Waals surface area contributed by atoms with Crippen molar-refractivity contribution < 1.29 is 0 Å². The van der Waals surface area contributed by atoms with Gasteiger partial charge in [-0.2, -0.15) is 0 Å². The molecule has 0 spiro atoms. The van der Waals surface area contributed by atoms with Crippen molar-refractivity contribution in [1.29, 1.82) is 0 Å². The van der Waals surface area contributed by atoms with Gasteiger partial charge >= 0.3 is 0 Å². The summed E-state index contributed by atoms with van der Waals surface area (Å²) >= 11 is 2.89. The third-order valence-corrected chi connectivity index (χ3v) is 3.46. The van der Waals surface area contributed by atoms with E-state index in [1.165, 1.54) is 32.8 Å². The minimum Gasteiger partial charge on any atom is -0.143 e. The summed E-state index contributed by atoms with van der Waals surface area (Å²) in [5, 5.41) is 7.92. The third-order valence-electron chi connectivity index (χ3n) is 1.81. The lowest BCUT2D eigenvalue weighted by Gasteiger charge is -1.93. The van der Waals surface area contributed by atoms with Gasteiger partial charge in [0, 0.05) is 6.42 Å². The predicted octanol–water partition coefficient (Wildman–Crippen LogP) is 1.60. The fraction of sp³-hybridized carbons (Fsp3) is 0.429. The van der Waals surface area contributed by atoms with E-state index in [1.807, 2.05) is 13.8 Å². The highest BCUT2D eigenvalue weighted by Crippen LogP contribution is 2.19. The molecule has 6 heteroatoms. The van der Waals surface area contributed by atoms with Gasteiger partial charge in [0.1, 0.15) is 0 Å². The van der Waals surface area contributed by atoms with Crippen LogP contribution in [0, 0.1) is 13.8 Å². The average molecular weight is 212 g/mol. The Kier molecular flexibility index (Phi) is 2.32. The van der Waals surface area contributed by atoms with E-state index in [1.54, 1.807) is 0 Å². The van der Waals surface area contributed by atoms with E-state index < -0.39 is 0 Å². The molecule has 0 N–H and O–H groups in total. The fourth-order valence-electron chi connectivity index (χ4n) is 0.972. The Bertz CT molecular complexity index is 368. The second kappa shape index (κ2) is 3.47. The Balaban J connectivity index is 2.24. The number of hydrogen-bond donors (Lipinski definition) is 0. The van der Waals surface area contributed by atoms with Crippen molar-refractivity contribution in [2.45, 2.75) is 20.3 Å². The van der Waals surface area contributed by atoms with Crippen molar-refractivity contribution in [2.24, 2.45) is 0 Å². The minimum absolute atomic E-state index is 0.868. The van der Waals surface area contributed by atoms with Crippen LogP contribution < -0.4 is 0 Å². The van der Waals surface area contributed by atoms with Crippen molar-refractivity contribution in [3.8, 4) is 0 Å². The molecule has 0 saturated heterocycles. The lowest BCUT2D eigenvalue weighted by molar-refractivity contribution is 1.04. The molecule has 0 aromatic carbocycles. The second-order valence-corrected chi connectivity index (χ2v) is 4.42. The standard InChI is InChI=1S/C7H8N4S2/c1-4-6(12-10-8-4)3-7-5(2)9-11-13-7/h3H2,1-2H3. The molecule has 0 fully saturated rings. The first-order valence-corrected chi connectivity index (χ1v) is 5.37. The molecule has 0 saturated carbocycles. The fourth-order valence-corrected chi connectivity index (χ4v) is 2.35. The van der Waals surface area contributed by atoms with Crippen LogP contribution in [-0.4, -0.2) is 19.2 Å². The molecule has 0 aliphatic rings. The van der Waals surface area contributed by atoms with Crippen LogP contribution in [0.3, 0.4) is 0 Å². The molecule has 4 nitrogen and oxygen atoms in total. The van der Waals surface area contributed by atoms with Crippen LogP contribution >= 0.6 is 23.1 Å². The Morgan fingerprint density at radius 3 is 1.69 bits per heavy atom. The SMILES string of the molecule is Cc1nnsc1Cc1snnc1C. The van der Waals surface area contributed by atoms with Gasteiger partial charge in [-0.3, -0.25) is 0 Å². The highest BCUT2D eigenvalue weighted by molar-refractivity contribution is 7.07. The summed E-state index contributed by atoms with van der Waals surface area (Å²) in [6.45, 7) is 3.95. The van der Waals surface area contributed by atoms with Crippen LogP contribution in [0.2, 0.25) is 0 Å². The number of nitrogens with zero attached hydrogens (tertiary/aromatic N) is 4. The quantitative estimate of drug-likeness (QED) is 0.758. The first-order valence-electron chi connectivity index (χ1n) is 3.83. The highest BCUT2D eigenvalue weighted by atomic mass is 32.1. The van der Waals surface area contributed by atoms with Crippen LogP contribution in [0.15, 0.2) is 0 Å². The largest absolute Gasteiger partial charge is 0.143 e. The van der Waals surface area contributed by atoms with Crippen LogP contribution in [0.1, 0.15) is 21.1 Å². The van der Waals surface area contributed by atoms with E-state index in [0.29, 0.717) is 0 Å². The molecule has 0 aliphatic heterocycles. The Hall–Kier alpha value is -0.880. The number of rotatable bonds is 2. The Labute approximate surface area is 84.0 Å². The van der Waals surface area contributed by atoms with Crippen LogP contribution in [0.5, 0.6) is 0 Å². The molecule has 0 unspecified atom stereocenters. The number of aryl methyl sites for hydroxylation is 2. The van der Waals surface area contributed by atoms with Crippen LogP contribution in [0.25, 0.3) is 0 Å². The molecule has 2 aromatic heterocycles. The van der Waals surface area contributed by atoms with E-state index >= 15 is 0 Å². The number of aromatic nitrogens is 4. The van der Waals surface area contributed by atoms with E-state index in [0.717, 1.165) is 17.8 Å². The maximum Gasteiger partial charge on any atom is 0.0760 e. The molecular weight excluding hydrogens is 204 g/mol. The van der Waals surface area contributed by atoms with E-state index in [2.05, 4.69) is 19.2 Å². The zero-order valence-corrected chi connectivity index (χ0v) is 8.95. The lowest BCUT2D eigenvalue weighted by atomic mass is 10.2. The molecule has 2 rings (SSSR count). The van der Waals surface area contributed by atoms with Gasteiger partial charge in [-0.05, 0) is 36.9 Å². The van der Waals surface area contributed by atoms with Crippen molar-refractivity contribution >= 4 is 23.1 Å². The molecule has 2 heterocycles. The zero-order valence-electron chi connectivity index (χ0n) is 7.31. The normalized spacial score (nSPS) is 10.6. The molecule has 0 atom stereocenters. The van der Waals surface area contributed by atoms with Gasteiger partial charge in [-0.15, -0.1) is 10.2 Å². The molecule has 2 aromatic rings. The van der Waals surface area contributed by atoms with E-state index in [4.69, 9.17) is 0 Å². The Morgan fingerprint density at radius 1 is 0.923 bits per heavy atom. The summed E-state index contributed by atoms with van der Waals surface area (Å²) in [6.07, 6.45) is 0.868. The minimum atomic E-state index is 0.868. The van der Waals surface area contributed by atoms with Crippen LogP contribution in [-0.2, 0) is 6.42 Å². The summed E-state index contributed by atoms with van der Waals surface area (Å²) in [5.74, 6) is 0. The highest BCUT2D eigenvalue weighted by Gasteiger charge is 2.08. The van der Waals surface area contributed by atoms with Crippen molar-refractivity contribution in [1.82, 2.24) is 19.2 Å². The Morgan fingerprint density at radius 2 is 1.38 bits per heavy atom. The second-order valence-electron chi connectivity index (χ2n) is 2.74. The van der Waals surface area contributed by atoms with Crippen molar-refractivity contribution in [3.63, 3.8) is 0 Å². The van der Waals surface area contributed by atoms with Gasteiger partial charge in [-0.1, -0.05) is 8.98 Å². The summed E-state index contributed by atoms with van der Waals surface area (Å²) in [7, 11) is 0. The average Bonchev–Trinajstić information content (AvgIpc) is 2.65.